The van der Waals surface area contributed by atoms with Crippen LogP contribution in [0.2, 0.25) is 0 Å². The fourth-order valence-electron chi connectivity index (χ4n) is 4.07. The molecule has 174 valence electrons. The molecule has 2 aromatic rings. The molecule has 1 fully saturated rings. The minimum Gasteiger partial charge on any atom is -0.324 e. The number of para-hydroxylation sites is 1. The maximum atomic E-state index is 13.0. The number of nitrogens with zero attached hydrogens (tertiary/aromatic N) is 2. The molecule has 2 aromatic carbocycles. The van der Waals surface area contributed by atoms with Gasteiger partial charge in [0.15, 0.2) is 0 Å². The third-order valence-electron chi connectivity index (χ3n) is 6.40. The number of hydrogen-bond acceptors (Lipinski definition) is 4. The number of aryl methyl sites for hydroxylation is 2. The van der Waals surface area contributed by atoms with Crippen molar-refractivity contribution < 1.29 is 13.2 Å². The highest BCUT2D eigenvalue weighted by atomic mass is 32.2. The summed E-state index contributed by atoms with van der Waals surface area (Å²) >= 11 is 0. The summed E-state index contributed by atoms with van der Waals surface area (Å²) < 4.78 is 27.6. The van der Waals surface area contributed by atoms with Crippen LogP contribution in [0, 0.1) is 6.92 Å². The van der Waals surface area contributed by atoms with Crippen molar-refractivity contribution in [2.24, 2.45) is 0 Å². The van der Waals surface area contributed by atoms with Gasteiger partial charge in [0.25, 0.3) is 0 Å². The first kappa shape index (κ1) is 24.4. The van der Waals surface area contributed by atoms with E-state index >= 15 is 0 Å². The zero-order chi connectivity index (χ0) is 23.3. The number of hydrogen-bond donors (Lipinski definition) is 1. The summed E-state index contributed by atoms with van der Waals surface area (Å²) in [5.41, 5.74) is 4.21. The van der Waals surface area contributed by atoms with Gasteiger partial charge in [-0.05, 0) is 54.5 Å². The first-order chi connectivity index (χ1) is 15.3. The van der Waals surface area contributed by atoms with Crippen LogP contribution in [0.3, 0.4) is 0 Å². The van der Waals surface area contributed by atoms with Gasteiger partial charge in [-0.1, -0.05) is 51.1 Å². The van der Waals surface area contributed by atoms with E-state index < -0.39 is 10.0 Å². The lowest BCUT2D eigenvalue weighted by atomic mass is 9.99. The van der Waals surface area contributed by atoms with Crippen molar-refractivity contribution in [1.82, 2.24) is 9.21 Å². The maximum absolute atomic E-state index is 13.0. The number of benzene rings is 2. The SMILES string of the molecule is CCc1cccc(C)c1NC(=O)CN1CCN(S(=O)(=O)c2ccc(C(C)CC)cc2)CC1. The molecule has 6 nitrogen and oxygen atoms in total. The molecule has 1 atom stereocenters. The maximum Gasteiger partial charge on any atom is 0.243 e. The van der Waals surface area contributed by atoms with Crippen LogP contribution in [0.5, 0.6) is 0 Å². The minimum absolute atomic E-state index is 0.0639. The van der Waals surface area contributed by atoms with Gasteiger partial charge >= 0.3 is 0 Å². The molecule has 1 aliphatic heterocycles. The molecule has 32 heavy (non-hydrogen) atoms. The standard InChI is InChI=1S/C25H35N3O3S/c1-5-19(3)22-10-12-23(13-11-22)32(30,31)28-16-14-27(15-17-28)18-24(29)26-25-20(4)8-7-9-21(25)6-2/h7-13,19H,5-6,14-18H2,1-4H3,(H,26,29). The van der Waals surface area contributed by atoms with Gasteiger partial charge in [0.1, 0.15) is 0 Å². The molecular weight excluding hydrogens is 422 g/mol. The molecule has 0 spiro atoms. The predicted molar refractivity (Wildman–Crippen MR) is 130 cm³/mol. The van der Waals surface area contributed by atoms with Crippen LogP contribution < -0.4 is 5.32 Å². The summed E-state index contributed by atoms with van der Waals surface area (Å²) in [5, 5.41) is 3.05. The summed E-state index contributed by atoms with van der Waals surface area (Å²) in [4.78, 5) is 15.0. The summed E-state index contributed by atoms with van der Waals surface area (Å²) in [6.07, 6.45) is 1.87. The molecule has 0 aliphatic carbocycles. The van der Waals surface area contributed by atoms with Crippen LogP contribution in [0.15, 0.2) is 47.4 Å². The second-order valence-corrected chi connectivity index (χ2v) is 10.5. The zero-order valence-electron chi connectivity index (χ0n) is 19.6. The van der Waals surface area contributed by atoms with Gasteiger partial charge in [-0.15, -0.1) is 0 Å². The van der Waals surface area contributed by atoms with Gasteiger partial charge in [-0.2, -0.15) is 4.31 Å². The molecule has 1 N–H and O–H groups in total. The highest BCUT2D eigenvalue weighted by molar-refractivity contribution is 7.89. The summed E-state index contributed by atoms with van der Waals surface area (Å²) in [7, 11) is -3.52. The van der Waals surface area contributed by atoms with Crippen LogP contribution in [0.4, 0.5) is 5.69 Å². The van der Waals surface area contributed by atoms with Gasteiger partial charge in [0.2, 0.25) is 15.9 Å². The van der Waals surface area contributed by atoms with Crippen LogP contribution in [-0.4, -0.2) is 56.3 Å². The van der Waals surface area contributed by atoms with Gasteiger partial charge in [-0.25, -0.2) is 8.42 Å². The Morgan fingerprint density at radius 2 is 1.69 bits per heavy atom. The zero-order valence-corrected chi connectivity index (χ0v) is 20.4. The Kier molecular flexibility index (Phi) is 8.09. The quantitative estimate of drug-likeness (QED) is 0.650. The average molecular weight is 458 g/mol. The molecule has 1 unspecified atom stereocenters. The smallest absolute Gasteiger partial charge is 0.243 e. The third kappa shape index (κ3) is 5.57. The van der Waals surface area contributed by atoms with E-state index in [4.69, 9.17) is 0 Å². The van der Waals surface area contributed by atoms with E-state index in [1.165, 1.54) is 4.31 Å². The fourth-order valence-corrected chi connectivity index (χ4v) is 5.49. The number of amides is 1. The highest BCUT2D eigenvalue weighted by Crippen LogP contribution is 2.24. The van der Waals surface area contributed by atoms with Crippen molar-refractivity contribution in [2.45, 2.75) is 51.3 Å². The van der Waals surface area contributed by atoms with Crippen molar-refractivity contribution in [1.29, 1.82) is 0 Å². The largest absolute Gasteiger partial charge is 0.324 e. The molecule has 3 rings (SSSR count). The lowest BCUT2D eigenvalue weighted by Crippen LogP contribution is -2.50. The third-order valence-corrected chi connectivity index (χ3v) is 8.32. The van der Waals surface area contributed by atoms with Gasteiger partial charge in [0, 0.05) is 31.9 Å². The Morgan fingerprint density at radius 1 is 1.03 bits per heavy atom. The number of sulfonamides is 1. The molecule has 1 saturated heterocycles. The van der Waals surface area contributed by atoms with Gasteiger partial charge in [0.05, 0.1) is 11.4 Å². The molecule has 1 aliphatic rings. The van der Waals surface area contributed by atoms with E-state index in [0.717, 1.165) is 35.2 Å². The number of nitrogens with one attached hydrogen (secondary N) is 1. The molecule has 1 heterocycles. The van der Waals surface area contributed by atoms with Crippen LogP contribution >= 0.6 is 0 Å². The number of anilines is 1. The van der Waals surface area contributed by atoms with E-state index in [1.807, 2.05) is 42.2 Å². The Morgan fingerprint density at radius 3 is 2.28 bits per heavy atom. The number of carbonyl (C=O) groups excluding carboxylic acids is 1. The average Bonchev–Trinajstić information content (AvgIpc) is 2.80. The van der Waals surface area contributed by atoms with Gasteiger partial charge in [-0.3, -0.25) is 9.69 Å². The summed E-state index contributed by atoms with van der Waals surface area (Å²) in [6.45, 7) is 10.4. The van der Waals surface area contributed by atoms with Crippen molar-refractivity contribution in [3.05, 3.63) is 59.2 Å². The lowest BCUT2D eigenvalue weighted by Gasteiger charge is -2.33. The Balaban J connectivity index is 1.57. The van der Waals surface area contributed by atoms with Crippen molar-refractivity contribution in [2.75, 3.05) is 38.0 Å². The minimum atomic E-state index is -3.52. The van der Waals surface area contributed by atoms with E-state index in [9.17, 15) is 13.2 Å². The molecule has 0 aromatic heterocycles. The number of piperazine rings is 1. The molecule has 7 heteroatoms. The van der Waals surface area contributed by atoms with Crippen molar-refractivity contribution in [3.8, 4) is 0 Å². The van der Waals surface area contributed by atoms with Crippen molar-refractivity contribution in [3.63, 3.8) is 0 Å². The fraction of sp³-hybridized carbons (Fsp3) is 0.480. The van der Waals surface area contributed by atoms with Crippen LogP contribution in [0.25, 0.3) is 0 Å². The van der Waals surface area contributed by atoms with E-state index in [2.05, 4.69) is 26.1 Å². The summed E-state index contributed by atoms with van der Waals surface area (Å²) in [6, 6.07) is 13.3. The Hall–Kier alpha value is -2.22. The normalized spacial score (nSPS) is 16.6. The predicted octanol–water partition coefficient (Wildman–Crippen LogP) is 4.02. The van der Waals surface area contributed by atoms with E-state index in [0.29, 0.717) is 37.0 Å². The number of rotatable bonds is 8. The Labute approximate surface area is 192 Å². The topological polar surface area (TPSA) is 69.7 Å². The first-order valence-electron chi connectivity index (χ1n) is 11.5. The van der Waals surface area contributed by atoms with Gasteiger partial charge < -0.3 is 5.32 Å². The molecule has 0 radical (unpaired) electrons. The Bertz CT molecular complexity index is 1030. The monoisotopic (exact) mass is 457 g/mol. The molecule has 0 bridgehead atoms. The lowest BCUT2D eigenvalue weighted by molar-refractivity contribution is -0.117. The van der Waals surface area contributed by atoms with E-state index in [1.54, 1.807) is 12.1 Å². The first-order valence-corrected chi connectivity index (χ1v) is 12.9. The summed E-state index contributed by atoms with van der Waals surface area (Å²) in [5.74, 6) is 0.348. The van der Waals surface area contributed by atoms with Crippen molar-refractivity contribution >= 4 is 21.6 Å². The van der Waals surface area contributed by atoms with Crippen LogP contribution in [0.1, 0.15) is 49.8 Å². The second-order valence-electron chi connectivity index (χ2n) is 8.57. The molecule has 0 saturated carbocycles. The molecule has 1 amide bonds. The van der Waals surface area contributed by atoms with Crippen LogP contribution in [-0.2, 0) is 21.2 Å². The molecular formula is C25H35N3O3S. The number of carbonyl (C=O) groups is 1. The second kappa shape index (κ2) is 10.6. The van der Waals surface area contributed by atoms with E-state index in [-0.39, 0.29) is 12.5 Å². The highest BCUT2D eigenvalue weighted by Gasteiger charge is 2.29.